The molecule has 0 aliphatic carbocycles. The number of methoxy groups -OCH3 is 1. The number of ether oxygens (including phenoxy) is 1. The molecule has 0 aliphatic rings. The number of furan rings is 1. The summed E-state index contributed by atoms with van der Waals surface area (Å²) in [7, 11) is 1.60. The predicted octanol–water partition coefficient (Wildman–Crippen LogP) is 3.94. The van der Waals surface area contributed by atoms with Crippen LogP contribution in [0.4, 0.5) is 5.82 Å². The molecule has 1 N–H and O–H groups in total. The van der Waals surface area contributed by atoms with E-state index in [4.69, 9.17) is 9.15 Å². The fraction of sp³-hybridized carbons (Fsp3) is 0.217. The van der Waals surface area contributed by atoms with Crippen LogP contribution in [-0.2, 0) is 11.3 Å². The molecule has 0 unspecified atom stereocenters. The third-order valence-corrected chi connectivity index (χ3v) is 6.22. The summed E-state index contributed by atoms with van der Waals surface area (Å²) >= 11 is 1.25. The topological polar surface area (TPSA) is 111 Å². The Balaban J connectivity index is 1.51. The lowest BCUT2D eigenvalue weighted by Crippen LogP contribution is -2.18. The lowest BCUT2D eigenvalue weighted by atomic mass is 10.2. The van der Waals surface area contributed by atoms with E-state index in [1.54, 1.807) is 30.3 Å². The Morgan fingerprint density at radius 1 is 1.30 bits per heavy atom. The van der Waals surface area contributed by atoms with Gasteiger partial charge in [0.1, 0.15) is 29.7 Å². The van der Waals surface area contributed by atoms with E-state index in [0.717, 1.165) is 22.7 Å². The van der Waals surface area contributed by atoms with Crippen molar-refractivity contribution in [3.8, 4) is 17.5 Å². The molecule has 0 spiro atoms. The van der Waals surface area contributed by atoms with Crippen LogP contribution in [0, 0.1) is 25.2 Å². The molecule has 4 aromatic rings. The number of rotatable bonds is 8. The van der Waals surface area contributed by atoms with Crippen LogP contribution >= 0.6 is 11.8 Å². The lowest BCUT2D eigenvalue weighted by molar-refractivity contribution is -0.113. The average molecular weight is 463 g/mol. The highest BCUT2D eigenvalue weighted by atomic mass is 32.2. The fourth-order valence-corrected chi connectivity index (χ4v) is 4.17. The molecule has 0 fully saturated rings. The first-order valence-corrected chi connectivity index (χ1v) is 11.1. The monoisotopic (exact) mass is 462 g/mol. The van der Waals surface area contributed by atoms with Crippen molar-refractivity contribution < 1.29 is 13.9 Å². The molecule has 0 radical (unpaired) electrons. The maximum Gasteiger partial charge on any atom is 0.235 e. The zero-order chi connectivity index (χ0) is 23.4. The summed E-state index contributed by atoms with van der Waals surface area (Å²) in [6.07, 6.45) is 3.18. The molecule has 0 aliphatic heterocycles. The van der Waals surface area contributed by atoms with Crippen molar-refractivity contribution in [2.75, 3.05) is 18.2 Å². The van der Waals surface area contributed by atoms with Gasteiger partial charge in [-0.2, -0.15) is 5.26 Å². The quantitative estimate of drug-likeness (QED) is 0.395. The number of hydrogen-bond acceptors (Lipinski definition) is 7. The molecule has 1 amide bonds. The first-order valence-electron chi connectivity index (χ1n) is 10.1. The number of thioether (sulfide) groups is 1. The second-order valence-corrected chi connectivity index (χ2v) is 8.18. The van der Waals surface area contributed by atoms with Crippen molar-refractivity contribution in [1.82, 2.24) is 19.3 Å². The van der Waals surface area contributed by atoms with Gasteiger partial charge in [0.25, 0.3) is 0 Å². The van der Waals surface area contributed by atoms with Gasteiger partial charge in [-0.05, 0) is 43.7 Å². The van der Waals surface area contributed by atoms with E-state index in [-0.39, 0.29) is 11.7 Å². The summed E-state index contributed by atoms with van der Waals surface area (Å²) in [6, 6.07) is 13.4. The Bertz CT molecular complexity index is 1320. The van der Waals surface area contributed by atoms with Gasteiger partial charge in [-0.25, -0.2) is 0 Å². The number of benzene rings is 1. The minimum atomic E-state index is -0.255. The largest absolute Gasteiger partial charge is 0.497 e. The van der Waals surface area contributed by atoms with E-state index in [1.165, 1.54) is 11.8 Å². The van der Waals surface area contributed by atoms with Crippen LogP contribution in [0.5, 0.6) is 5.75 Å². The highest BCUT2D eigenvalue weighted by molar-refractivity contribution is 7.99. The van der Waals surface area contributed by atoms with Gasteiger partial charge >= 0.3 is 0 Å². The summed E-state index contributed by atoms with van der Waals surface area (Å²) in [4.78, 5) is 12.8. The second kappa shape index (κ2) is 9.67. The van der Waals surface area contributed by atoms with E-state index >= 15 is 0 Å². The van der Waals surface area contributed by atoms with Gasteiger partial charge in [-0.3, -0.25) is 9.36 Å². The average Bonchev–Trinajstić information content (AvgIpc) is 3.56. The smallest absolute Gasteiger partial charge is 0.235 e. The lowest BCUT2D eigenvalue weighted by Gasteiger charge is -2.12. The van der Waals surface area contributed by atoms with E-state index in [9.17, 15) is 10.1 Å². The molecular formula is C23H22N6O3S. The minimum absolute atomic E-state index is 0.0948. The van der Waals surface area contributed by atoms with Gasteiger partial charge < -0.3 is 19.0 Å². The number of nitrogens with zero attached hydrogens (tertiary/aromatic N) is 5. The molecule has 0 saturated heterocycles. The third-order valence-electron chi connectivity index (χ3n) is 5.27. The van der Waals surface area contributed by atoms with Gasteiger partial charge in [-0.1, -0.05) is 17.8 Å². The van der Waals surface area contributed by atoms with Crippen LogP contribution in [0.2, 0.25) is 0 Å². The molecule has 0 saturated carbocycles. The molecule has 10 heteroatoms. The Morgan fingerprint density at radius 2 is 2.15 bits per heavy atom. The maximum absolute atomic E-state index is 12.8. The van der Waals surface area contributed by atoms with Gasteiger partial charge in [0, 0.05) is 11.8 Å². The molecule has 3 heterocycles. The second-order valence-electron chi connectivity index (χ2n) is 7.23. The first kappa shape index (κ1) is 22.2. The zero-order valence-corrected chi connectivity index (χ0v) is 19.2. The number of amides is 1. The van der Waals surface area contributed by atoms with Crippen molar-refractivity contribution in [2.24, 2.45) is 0 Å². The minimum Gasteiger partial charge on any atom is -0.497 e. The number of aromatic nitrogens is 4. The number of nitrogens with one attached hydrogen (secondary N) is 1. The van der Waals surface area contributed by atoms with Crippen molar-refractivity contribution in [3.63, 3.8) is 0 Å². The molecule has 1 aromatic carbocycles. The molecule has 9 nitrogen and oxygen atoms in total. The fourth-order valence-electron chi connectivity index (χ4n) is 3.44. The number of carbonyl (C=O) groups is 1. The number of carbonyl (C=O) groups excluding carboxylic acids is 1. The van der Waals surface area contributed by atoms with Crippen LogP contribution in [-0.4, -0.2) is 38.1 Å². The van der Waals surface area contributed by atoms with Crippen LogP contribution in [0.15, 0.2) is 58.6 Å². The van der Waals surface area contributed by atoms with Crippen LogP contribution in [0.1, 0.15) is 22.6 Å². The normalized spacial score (nSPS) is 10.7. The third kappa shape index (κ3) is 4.63. The highest BCUT2D eigenvalue weighted by Gasteiger charge is 2.21. The zero-order valence-electron chi connectivity index (χ0n) is 18.4. The molecule has 33 heavy (non-hydrogen) atoms. The molecule has 0 bridgehead atoms. The van der Waals surface area contributed by atoms with E-state index < -0.39 is 0 Å². The maximum atomic E-state index is 12.8. The molecular weight excluding hydrogens is 440 g/mol. The summed E-state index contributed by atoms with van der Waals surface area (Å²) in [5, 5.41) is 21.3. The Hall–Kier alpha value is -3.97. The molecule has 3 aromatic heterocycles. The van der Waals surface area contributed by atoms with Gasteiger partial charge in [0.15, 0.2) is 5.16 Å². The molecule has 0 atom stereocenters. The van der Waals surface area contributed by atoms with Crippen molar-refractivity contribution in [1.29, 1.82) is 5.26 Å². The van der Waals surface area contributed by atoms with Gasteiger partial charge in [0.05, 0.1) is 36.9 Å². The van der Waals surface area contributed by atoms with Crippen molar-refractivity contribution in [3.05, 3.63) is 71.6 Å². The van der Waals surface area contributed by atoms with E-state index in [1.807, 2.05) is 48.7 Å². The van der Waals surface area contributed by atoms with Crippen LogP contribution in [0.25, 0.3) is 5.69 Å². The summed E-state index contributed by atoms with van der Waals surface area (Å²) in [5.74, 6) is 1.74. The first-order chi connectivity index (χ1) is 16.0. The number of hydrogen-bond donors (Lipinski definition) is 1. The molecule has 4 rings (SSSR count). The van der Waals surface area contributed by atoms with Gasteiger partial charge in [0.2, 0.25) is 5.91 Å². The number of anilines is 1. The summed E-state index contributed by atoms with van der Waals surface area (Å²) in [5.41, 5.74) is 2.98. The highest BCUT2D eigenvalue weighted by Crippen LogP contribution is 2.28. The predicted molar refractivity (Wildman–Crippen MR) is 124 cm³/mol. The van der Waals surface area contributed by atoms with Crippen molar-refractivity contribution >= 4 is 23.5 Å². The Kier molecular flexibility index (Phi) is 6.51. The van der Waals surface area contributed by atoms with Gasteiger partial charge in [-0.15, -0.1) is 10.2 Å². The summed E-state index contributed by atoms with van der Waals surface area (Å²) < 4.78 is 14.4. The van der Waals surface area contributed by atoms with Crippen LogP contribution in [0.3, 0.4) is 0 Å². The Labute approximate surface area is 195 Å². The standard InChI is InChI=1S/C23H22N6O3S/c1-15-16(2)28(12-19-8-5-9-32-19)22(20(15)11-24)26-21(30)13-33-23-27-25-14-29(23)17-6-4-7-18(10-17)31-3/h4-10,14H,12-13H2,1-3H3,(H,26,30). The SMILES string of the molecule is COc1cccc(-n2cnnc2SCC(=O)Nc2c(C#N)c(C)c(C)n2Cc2ccco2)c1. The van der Waals surface area contributed by atoms with E-state index in [2.05, 4.69) is 21.6 Å². The van der Waals surface area contributed by atoms with E-state index in [0.29, 0.717) is 28.8 Å². The van der Waals surface area contributed by atoms with Crippen LogP contribution < -0.4 is 10.1 Å². The Morgan fingerprint density at radius 3 is 2.88 bits per heavy atom. The van der Waals surface area contributed by atoms with Crippen molar-refractivity contribution in [2.45, 2.75) is 25.5 Å². The number of nitriles is 1. The molecule has 168 valence electrons. The summed E-state index contributed by atoms with van der Waals surface area (Å²) in [6.45, 7) is 4.20.